The lowest BCUT2D eigenvalue weighted by Gasteiger charge is -1.98. The minimum absolute atomic E-state index is 0.737. The molecule has 0 aliphatic carbocycles. The van der Waals surface area contributed by atoms with E-state index >= 15 is 0 Å². The van der Waals surface area contributed by atoms with Gasteiger partial charge in [-0.05, 0) is 24.3 Å². The number of nitrogens with zero attached hydrogens (tertiary/aromatic N) is 1. The Morgan fingerprint density at radius 3 is 2.62 bits per heavy atom. The van der Waals surface area contributed by atoms with Gasteiger partial charge in [-0.3, -0.25) is 4.99 Å². The Hall–Kier alpha value is -1.61. The van der Waals surface area contributed by atoms with E-state index in [1.807, 2.05) is 48.5 Å². The Morgan fingerprint density at radius 1 is 1.06 bits per heavy atom. The first kappa shape index (κ1) is 10.9. The van der Waals surface area contributed by atoms with Crippen LogP contribution < -0.4 is 5.73 Å². The van der Waals surface area contributed by atoms with Crippen LogP contribution in [0.3, 0.4) is 0 Å². The zero-order chi connectivity index (χ0) is 11.4. The van der Waals surface area contributed by atoms with Crippen molar-refractivity contribution < 1.29 is 0 Å². The van der Waals surface area contributed by atoms with Crippen molar-refractivity contribution in [1.29, 1.82) is 0 Å². The lowest BCUT2D eigenvalue weighted by atomic mass is 10.2. The van der Waals surface area contributed by atoms with E-state index in [0.29, 0.717) is 0 Å². The van der Waals surface area contributed by atoms with E-state index in [1.165, 1.54) is 0 Å². The first-order chi connectivity index (χ1) is 7.75. The van der Waals surface area contributed by atoms with Gasteiger partial charge in [0.2, 0.25) is 0 Å². The van der Waals surface area contributed by atoms with Gasteiger partial charge in [-0.15, -0.1) is 0 Å². The molecule has 2 N–H and O–H groups in total. The minimum atomic E-state index is 0.737. The van der Waals surface area contributed by atoms with Crippen molar-refractivity contribution in [2.45, 2.75) is 0 Å². The van der Waals surface area contributed by atoms with E-state index < -0.39 is 0 Å². The molecule has 0 aromatic heterocycles. The quantitative estimate of drug-likeness (QED) is 0.657. The Balaban J connectivity index is 2.25. The second kappa shape index (κ2) is 4.94. The Labute approximate surface area is 103 Å². The van der Waals surface area contributed by atoms with Gasteiger partial charge in [-0.25, -0.2) is 0 Å². The number of aliphatic imine (C=N–C) groups is 1. The molecule has 0 aliphatic heterocycles. The molecule has 2 nitrogen and oxygen atoms in total. The van der Waals surface area contributed by atoms with Crippen molar-refractivity contribution in [3.8, 4) is 0 Å². The van der Waals surface area contributed by atoms with Crippen molar-refractivity contribution in [2.75, 3.05) is 5.73 Å². The summed E-state index contributed by atoms with van der Waals surface area (Å²) in [4.78, 5) is 4.36. The standard InChI is InChI=1S/C13H11BrN2/c14-11-5-3-6-12(8-11)16-9-10-4-1-2-7-13(10)15/h1-9H,15H2. The Morgan fingerprint density at radius 2 is 1.88 bits per heavy atom. The highest BCUT2D eigenvalue weighted by atomic mass is 79.9. The zero-order valence-electron chi connectivity index (χ0n) is 8.60. The highest BCUT2D eigenvalue weighted by molar-refractivity contribution is 9.10. The summed E-state index contributed by atoms with van der Waals surface area (Å²) in [7, 11) is 0. The Kier molecular flexibility index (Phi) is 3.37. The van der Waals surface area contributed by atoms with Gasteiger partial charge >= 0.3 is 0 Å². The zero-order valence-corrected chi connectivity index (χ0v) is 10.2. The van der Waals surface area contributed by atoms with E-state index in [4.69, 9.17) is 5.73 Å². The van der Waals surface area contributed by atoms with Crippen LogP contribution in [0.15, 0.2) is 58.0 Å². The summed E-state index contributed by atoms with van der Waals surface area (Å²) in [6, 6.07) is 15.5. The minimum Gasteiger partial charge on any atom is -0.398 e. The van der Waals surface area contributed by atoms with Crippen LogP contribution in [0, 0.1) is 0 Å². The van der Waals surface area contributed by atoms with Crippen LogP contribution in [-0.2, 0) is 0 Å². The summed E-state index contributed by atoms with van der Waals surface area (Å²) in [6.07, 6.45) is 1.77. The lowest BCUT2D eigenvalue weighted by Crippen LogP contribution is -1.91. The maximum absolute atomic E-state index is 5.81. The summed E-state index contributed by atoms with van der Waals surface area (Å²) < 4.78 is 1.02. The third-order valence-electron chi connectivity index (χ3n) is 2.16. The number of nitrogen functional groups attached to an aromatic ring is 1. The fraction of sp³-hybridized carbons (Fsp3) is 0. The summed E-state index contributed by atoms with van der Waals surface area (Å²) in [5, 5.41) is 0. The third-order valence-corrected chi connectivity index (χ3v) is 2.65. The van der Waals surface area contributed by atoms with Crippen LogP contribution in [-0.4, -0.2) is 6.21 Å². The average Bonchev–Trinajstić information content (AvgIpc) is 2.28. The second-order valence-electron chi connectivity index (χ2n) is 3.37. The first-order valence-corrected chi connectivity index (χ1v) is 5.69. The smallest absolute Gasteiger partial charge is 0.0641 e. The molecule has 0 saturated heterocycles. The SMILES string of the molecule is Nc1ccccc1C=Nc1cccc(Br)c1. The van der Waals surface area contributed by atoms with Crippen molar-refractivity contribution in [3.05, 3.63) is 58.6 Å². The molecule has 0 aliphatic rings. The van der Waals surface area contributed by atoms with E-state index in [9.17, 15) is 0 Å². The van der Waals surface area contributed by atoms with Gasteiger partial charge in [0.1, 0.15) is 0 Å². The fourth-order valence-corrected chi connectivity index (χ4v) is 1.72. The van der Waals surface area contributed by atoms with E-state index in [-0.39, 0.29) is 0 Å². The molecule has 0 atom stereocenters. The molecule has 0 saturated carbocycles. The molecule has 2 rings (SSSR count). The molecule has 0 heterocycles. The lowest BCUT2D eigenvalue weighted by molar-refractivity contribution is 1.51. The fourth-order valence-electron chi connectivity index (χ4n) is 1.33. The van der Waals surface area contributed by atoms with Gasteiger partial charge in [0.15, 0.2) is 0 Å². The first-order valence-electron chi connectivity index (χ1n) is 4.90. The van der Waals surface area contributed by atoms with Crippen molar-refractivity contribution >= 4 is 33.5 Å². The number of benzene rings is 2. The highest BCUT2D eigenvalue weighted by Crippen LogP contribution is 2.18. The molecule has 0 radical (unpaired) electrons. The van der Waals surface area contributed by atoms with Gasteiger partial charge in [-0.2, -0.15) is 0 Å². The Bertz CT molecular complexity index is 521. The molecule has 0 spiro atoms. The summed E-state index contributed by atoms with van der Waals surface area (Å²) in [5.74, 6) is 0. The van der Waals surface area contributed by atoms with Gasteiger partial charge in [-0.1, -0.05) is 40.2 Å². The van der Waals surface area contributed by atoms with Crippen LogP contribution >= 0.6 is 15.9 Å². The number of halogens is 1. The molecule has 0 fully saturated rings. The van der Waals surface area contributed by atoms with Gasteiger partial charge in [0, 0.05) is 21.9 Å². The largest absolute Gasteiger partial charge is 0.398 e. The maximum Gasteiger partial charge on any atom is 0.0641 e. The molecular formula is C13H11BrN2. The number of anilines is 1. The molecule has 80 valence electrons. The van der Waals surface area contributed by atoms with Crippen molar-refractivity contribution in [1.82, 2.24) is 0 Å². The predicted molar refractivity (Wildman–Crippen MR) is 72.3 cm³/mol. The monoisotopic (exact) mass is 274 g/mol. The topological polar surface area (TPSA) is 38.4 Å². The number of nitrogens with two attached hydrogens (primary N) is 1. The number of hydrogen-bond donors (Lipinski definition) is 1. The maximum atomic E-state index is 5.81. The van der Waals surface area contributed by atoms with Crippen LogP contribution in [0.5, 0.6) is 0 Å². The molecule has 3 heteroatoms. The van der Waals surface area contributed by atoms with Crippen LogP contribution in [0.25, 0.3) is 0 Å². The van der Waals surface area contributed by atoms with Gasteiger partial charge < -0.3 is 5.73 Å². The summed E-state index contributed by atoms with van der Waals surface area (Å²) in [5.41, 5.74) is 8.38. The normalized spacial score (nSPS) is 10.8. The van der Waals surface area contributed by atoms with Crippen LogP contribution in [0.4, 0.5) is 11.4 Å². The number of para-hydroxylation sites is 1. The molecular weight excluding hydrogens is 264 g/mol. The molecule has 2 aromatic carbocycles. The summed E-state index contributed by atoms with van der Waals surface area (Å²) in [6.45, 7) is 0. The molecule has 0 amide bonds. The van der Waals surface area contributed by atoms with Crippen molar-refractivity contribution in [2.24, 2.45) is 4.99 Å². The highest BCUT2D eigenvalue weighted by Gasteiger charge is 1.93. The van der Waals surface area contributed by atoms with Crippen LogP contribution in [0.1, 0.15) is 5.56 Å². The molecule has 0 bridgehead atoms. The van der Waals surface area contributed by atoms with E-state index in [2.05, 4.69) is 20.9 Å². The van der Waals surface area contributed by atoms with Crippen molar-refractivity contribution in [3.63, 3.8) is 0 Å². The number of hydrogen-bond acceptors (Lipinski definition) is 2. The van der Waals surface area contributed by atoms with Crippen LogP contribution in [0.2, 0.25) is 0 Å². The number of rotatable bonds is 2. The summed E-state index contributed by atoms with van der Waals surface area (Å²) >= 11 is 3.40. The third kappa shape index (κ3) is 2.70. The molecule has 0 unspecified atom stereocenters. The molecule has 16 heavy (non-hydrogen) atoms. The van der Waals surface area contributed by atoms with E-state index in [0.717, 1.165) is 21.4 Å². The van der Waals surface area contributed by atoms with Gasteiger partial charge in [0.05, 0.1) is 5.69 Å². The van der Waals surface area contributed by atoms with Gasteiger partial charge in [0.25, 0.3) is 0 Å². The van der Waals surface area contributed by atoms with E-state index in [1.54, 1.807) is 6.21 Å². The predicted octanol–water partition coefficient (Wildman–Crippen LogP) is 3.78. The molecule has 2 aromatic rings. The average molecular weight is 275 g/mol. The second-order valence-corrected chi connectivity index (χ2v) is 4.28.